The maximum absolute atomic E-state index is 10.1. The third-order valence-corrected chi connectivity index (χ3v) is 6.59. The van der Waals surface area contributed by atoms with Crippen molar-refractivity contribution < 1.29 is 20.4 Å². The van der Waals surface area contributed by atoms with Gasteiger partial charge >= 0.3 is 0 Å². The highest BCUT2D eigenvalue weighted by Crippen LogP contribution is 2.26. The predicted octanol–water partition coefficient (Wildman–Crippen LogP) is 1.69. The Morgan fingerprint density at radius 3 is 2.44 bits per heavy atom. The Morgan fingerprint density at radius 2 is 1.76 bits per heavy atom. The Kier molecular flexibility index (Phi) is 8.20. The van der Waals surface area contributed by atoms with Gasteiger partial charge in [0.2, 0.25) is 0 Å². The molecular weight excluding hydrogens is 456 g/mol. The van der Waals surface area contributed by atoms with Crippen LogP contribution < -0.4 is 5.32 Å². The topological polar surface area (TPSA) is 125 Å². The molecule has 2 heterocycles. The molecule has 0 amide bonds. The molecule has 9 heteroatoms. The van der Waals surface area contributed by atoms with E-state index < -0.39 is 24.4 Å². The highest BCUT2D eigenvalue weighted by Gasteiger charge is 2.40. The molecule has 4 rings (SSSR count). The molecule has 1 fully saturated rings. The monoisotopic (exact) mass is 486 g/mol. The van der Waals surface area contributed by atoms with Gasteiger partial charge in [-0.15, -0.1) is 0 Å². The molecule has 4 atom stereocenters. The fourth-order valence-corrected chi connectivity index (χ4v) is 4.63. The first-order chi connectivity index (χ1) is 16.4. The number of imidazole rings is 1. The van der Waals surface area contributed by atoms with Crippen LogP contribution in [0.3, 0.4) is 0 Å². The second kappa shape index (κ2) is 11.3. The number of benzene rings is 2. The number of hydrogen-bond acceptors (Lipinski definition) is 7. The zero-order chi connectivity index (χ0) is 24.1. The van der Waals surface area contributed by atoms with Gasteiger partial charge in [0.1, 0.15) is 12.2 Å². The highest BCUT2D eigenvalue weighted by molar-refractivity contribution is 6.31. The summed E-state index contributed by atoms with van der Waals surface area (Å²) in [6, 6.07) is 13.6. The van der Waals surface area contributed by atoms with Crippen LogP contribution in [0.25, 0.3) is 11.3 Å². The number of aromatic nitrogens is 2. The van der Waals surface area contributed by atoms with Crippen LogP contribution in [-0.4, -0.2) is 85.9 Å². The van der Waals surface area contributed by atoms with Crippen LogP contribution in [-0.2, 0) is 12.8 Å². The maximum atomic E-state index is 10.1. The summed E-state index contributed by atoms with van der Waals surface area (Å²) in [6.45, 7) is 1.28. The summed E-state index contributed by atoms with van der Waals surface area (Å²) in [4.78, 5) is 8.98. The van der Waals surface area contributed by atoms with Gasteiger partial charge in [-0.1, -0.05) is 35.9 Å². The van der Waals surface area contributed by atoms with Gasteiger partial charge < -0.3 is 30.7 Å². The number of anilines is 1. The molecule has 2 aromatic carbocycles. The first-order valence-corrected chi connectivity index (χ1v) is 11.8. The summed E-state index contributed by atoms with van der Waals surface area (Å²) in [5.41, 5.74) is 5.16. The molecule has 34 heavy (non-hydrogen) atoms. The van der Waals surface area contributed by atoms with Gasteiger partial charge in [-0.05, 0) is 42.2 Å². The van der Waals surface area contributed by atoms with Gasteiger partial charge in [0.05, 0.1) is 37.0 Å². The maximum Gasteiger partial charge on any atom is 0.109 e. The third-order valence-electron chi connectivity index (χ3n) is 6.38. The van der Waals surface area contributed by atoms with Crippen LogP contribution in [0.2, 0.25) is 5.02 Å². The minimum Gasteiger partial charge on any atom is -0.395 e. The third kappa shape index (κ3) is 5.96. The largest absolute Gasteiger partial charge is 0.395 e. The second-order valence-electron chi connectivity index (χ2n) is 8.73. The van der Waals surface area contributed by atoms with E-state index in [4.69, 9.17) is 11.6 Å². The molecule has 1 aliphatic rings. The zero-order valence-electron chi connectivity index (χ0n) is 18.8. The van der Waals surface area contributed by atoms with Crippen molar-refractivity contribution in [1.82, 2.24) is 14.9 Å². The lowest BCUT2D eigenvalue weighted by Gasteiger charge is -2.43. The first kappa shape index (κ1) is 24.7. The molecule has 1 aliphatic heterocycles. The lowest BCUT2D eigenvalue weighted by Crippen LogP contribution is -2.62. The number of likely N-dealkylation sites (tertiary alicyclic amines) is 1. The van der Waals surface area contributed by atoms with E-state index in [0.29, 0.717) is 18.0 Å². The van der Waals surface area contributed by atoms with Crippen molar-refractivity contribution in [3.8, 4) is 11.3 Å². The molecule has 0 unspecified atom stereocenters. The number of piperidine rings is 1. The Balaban J connectivity index is 1.27. The van der Waals surface area contributed by atoms with Crippen molar-refractivity contribution >= 4 is 17.3 Å². The number of nitrogens with one attached hydrogen (secondary N) is 2. The Bertz CT molecular complexity index is 1050. The summed E-state index contributed by atoms with van der Waals surface area (Å²) >= 11 is 6.28. The zero-order valence-corrected chi connectivity index (χ0v) is 19.6. The number of rotatable bonds is 9. The van der Waals surface area contributed by atoms with E-state index in [-0.39, 0.29) is 13.2 Å². The molecule has 0 bridgehead atoms. The average Bonchev–Trinajstić information content (AvgIpc) is 3.37. The van der Waals surface area contributed by atoms with Gasteiger partial charge in [-0.25, -0.2) is 4.98 Å². The van der Waals surface area contributed by atoms with Gasteiger partial charge in [0.15, 0.2) is 0 Å². The van der Waals surface area contributed by atoms with Gasteiger partial charge in [0, 0.05) is 35.9 Å². The van der Waals surface area contributed by atoms with Crippen molar-refractivity contribution in [1.29, 1.82) is 0 Å². The van der Waals surface area contributed by atoms with Gasteiger partial charge in [-0.3, -0.25) is 4.90 Å². The fourth-order valence-electron chi connectivity index (χ4n) is 4.39. The molecule has 8 nitrogen and oxygen atoms in total. The molecular formula is C25H31ClN4O4. The summed E-state index contributed by atoms with van der Waals surface area (Å²) in [5, 5.41) is 43.6. The molecule has 0 radical (unpaired) electrons. The number of halogens is 1. The van der Waals surface area contributed by atoms with Crippen molar-refractivity contribution in [2.24, 2.45) is 0 Å². The lowest BCUT2D eigenvalue weighted by molar-refractivity contribution is -0.144. The van der Waals surface area contributed by atoms with E-state index >= 15 is 0 Å². The molecule has 1 aromatic heterocycles. The fraction of sp³-hybridized carbons (Fsp3) is 0.400. The minimum atomic E-state index is -1.23. The molecule has 0 saturated carbocycles. The van der Waals surface area contributed by atoms with Gasteiger partial charge in [-0.2, -0.15) is 0 Å². The van der Waals surface area contributed by atoms with Crippen LogP contribution in [0.15, 0.2) is 55.0 Å². The van der Waals surface area contributed by atoms with E-state index in [1.54, 1.807) is 12.5 Å². The summed E-state index contributed by atoms with van der Waals surface area (Å²) in [7, 11) is 0. The molecule has 6 N–H and O–H groups in total. The summed E-state index contributed by atoms with van der Waals surface area (Å²) < 4.78 is 0. The van der Waals surface area contributed by atoms with Crippen molar-refractivity contribution in [2.75, 3.05) is 31.6 Å². The SMILES string of the molecule is OC[C@@H]1[C@@H](O)[C@H](O)[C@@H](O)CN1CCc1ccc(CCNc2cc(Cl)cc(-c3cnc[nH]3)c2)cc1. The quantitative estimate of drug-likeness (QED) is 0.272. The minimum absolute atomic E-state index is 0.221. The van der Waals surface area contributed by atoms with Crippen LogP contribution in [0.1, 0.15) is 11.1 Å². The first-order valence-electron chi connectivity index (χ1n) is 11.4. The van der Waals surface area contributed by atoms with E-state index in [9.17, 15) is 20.4 Å². The number of β-amino-alcohol motifs (C(OH)–C–C–N with tert-alkyl or cyclic N) is 1. The van der Waals surface area contributed by atoms with E-state index in [2.05, 4.69) is 39.6 Å². The van der Waals surface area contributed by atoms with Crippen molar-refractivity contribution in [3.05, 3.63) is 71.1 Å². The average molecular weight is 487 g/mol. The standard InChI is InChI=1S/C25H31ClN4O4/c26-19-9-18(21-12-27-15-29-21)10-20(11-19)28-7-5-16-1-3-17(4-2-16)6-8-30-13-23(32)25(34)24(33)22(30)14-31/h1-4,9-12,15,22-25,28,31-34H,5-8,13-14H2,(H,27,29)/t22-,23+,24-,25-/m1/s1. The van der Waals surface area contributed by atoms with E-state index in [0.717, 1.165) is 35.5 Å². The number of aliphatic hydroxyl groups is 4. The number of aromatic amines is 1. The number of H-pyrrole nitrogens is 1. The van der Waals surface area contributed by atoms with Crippen molar-refractivity contribution in [3.63, 3.8) is 0 Å². The van der Waals surface area contributed by atoms with Crippen molar-refractivity contribution in [2.45, 2.75) is 37.2 Å². The molecule has 182 valence electrons. The van der Waals surface area contributed by atoms with Crippen LogP contribution >= 0.6 is 11.6 Å². The summed E-state index contributed by atoms with van der Waals surface area (Å²) in [6.07, 6.45) is 1.54. The van der Waals surface area contributed by atoms with E-state index in [1.807, 2.05) is 23.1 Å². The Labute approximate surface area is 203 Å². The van der Waals surface area contributed by atoms with Crippen LogP contribution in [0, 0.1) is 0 Å². The smallest absolute Gasteiger partial charge is 0.109 e. The normalized spacial score (nSPS) is 23.2. The Hall–Kier alpha value is -2.46. The molecule has 0 spiro atoms. The Morgan fingerprint density at radius 1 is 1.03 bits per heavy atom. The molecule has 1 saturated heterocycles. The molecule has 3 aromatic rings. The predicted molar refractivity (Wildman–Crippen MR) is 132 cm³/mol. The lowest BCUT2D eigenvalue weighted by atomic mass is 9.93. The number of aliphatic hydroxyl groups excluding tert-OH is 4. The van der Waals surface area contributed by atoms with Crippen LogP contribution in [0.4, 0.5) is 5.69 Å². The summed E-state index contributed by atoms with van der Waals surface area (Å²) in [5.74, 6) is 0. The highest BCUT2D eigenvalue weighted by atomic mass is 35.5. The van der Waals surface area contributed by atoms with Crippen LogP contribution in [0.5, 0.6) is 0 Å². The van der Waals surface area contributed by atoms with Gasteiger partial charge in [0.25, 0.3) is 0 Å². The molecule has 0 aliphatic carbocycles. The number of hydrogen-bond donors (Lipinski definition) is 6. The number of nitrogens with zero attached hydrogens (tertiary/aromatic N) is 2. The second-order valence-corrected chi connectivity index (χ2v) is 9.17. The van der Waals surface area contributed by atoms with E-state index in [1.165, 1.54) is 5.56 Å².